The minimum atomic E-state index is -0.746. The van der Waals surface area contributed by atoms with Gasteiger partial charge in [0, 0.05) is 26.3 Å². The van der Waals surface area contributed by atoms with Gasteiger partial charge in [-0.25, -0.2) is 4.79 Å². The number of carbonyl (C=O) groups excluding carboxylic acids is 3. The molecule has 2 amide bonds. The van der Waals surface area contributed by atoms with Crippen LogP contribution >= 0.6 is 11.8 Å². The van der Waals surface area contributed by atoms with E-state index >= 15 is 0 Å². The molecule has 0 spiro atoms. The Labute approximate surface area is 167 Å². The van der Waals surface area contributed by atoms with Crippen molar-refractivity contribution in [2.75, 3.05) is 19.4 Å². The summed E-state index contributed by atoms with van der Waals surface area (Å²) < 4.78 is 10.6. The van der Waals surface area contributed by atoms with Crippen LogP contribution in [-0.4, -0.2) is 53.0 Å². The number of thioether (sulfide) groups is 1. The Morgan fingerprint density at radius 3 is 2.61 bits per heavy atom. The molecule has 8 heteroatoms. The highest BCUT2D eigenvalue weighted by Gasteiger charge is 2.43. The SMILES string of the molecule is CC(=O)N1[C@@H](C(=O)OCC(=O)N(C)Cc2ccccc2)CS[C@H]1c1ccco1. The molecule has 0 N–H and O–H groups in total. The van der Waals surface area contributed by atoms with Crippen LogP contribution in [-0.2, 0) is 25.7 Å². The number of amides is 2. The molecule has 1 fully saturated rings. The molecule has 0 saturated carbocycles. The van der Waals surface area contributed by atoms with E-state index in [0.29, 0.717) is 18.1 Å². The first-order valence-electron chi connectivity index (χ1n) is 8.86. The van der Waals surface area contributed by atoms with Crippen LogP contribution in [0.5, 0.6) is 0 Å². The van der Waals surface area contributed by atoms with Gasteiger partial charge < -0.3 is 19.0 Å². The van der Waals surface area contributed by atoms with Gasteiger partial charge in [0.15, 0.2) is 6.61 Å². The van der Waals surface area contributed by atoms with E-state index in [4.69, 9.17) is 9.15 Å². The third kappa shape index (κ3) is 4.56. The third-order valence-corrected chi connectivity index (χ3v) is 5.73. The number of ether oxygens (including phenoxy) is 1. The molecule has 148 valence electrons. The van der Waals surface area contributed by atoms with Gasteiger partial charge in [-0.1, -0.05) is 30.3 Å². The molecular formula is C20H22N2O5S. The van der Waals surface area contributed by atoms with Crippen molar-refractivity contribution < 1.29 is 23.5 Å². The fourth-order valence-electron chi connectivity index (χ4n) is 3.01. The van der Waals surface area contributed by atoms with E-state index in [1.807, 2.05) is 30.3 Å². The normalized spacial score (nSPS) is 18.7. The van der Waals surface area contributed by atoms with Gasteiger partial charge in [0.1, 0.15) is 17.2 Å². The Hall–Kier alpha value is -2.74. The van der Waals surface area contributed by atoms with Gasteiger partial charge in [-0.3, -0.25) is 9.59 Å². The van der Waals surface area contributed by atoms with E-state index in [0.717, 1.165) is 5.56 Å². The molecule has 0 radical (unpaired) electrons. The van der Waals surface area contributed by atoms with Crippen molar-refractivity contribution in [3.8, 4) is 0 Å². The Bertz CT molecular complexity index is 824. The number of hydrogen-bond donors (Lipinski definition) is 0. The number of rotatable bonds is 6. The summed E-state index contributed by atoms with van der Waals surface area (Å²) in [5.74, 6) is -0.147. The Balaban J connectivity index is 1.56. The second-order valence-electron chi connectivity index (χ2n) is 6.49. The molecule has 2 heterocycles. The highest BCUT2D eigenvalue weighted by Crippen LogP contribution is 2.41. The summed E-state index contributed by atoms with van der Waals surface area (Å²) in [7, 11) is 1.66. The molecule has 0 unspecified atom stereocenters. The molecule has 1 aliphatic heterocycles. The van der Waals surface area contributed by atoms with Crippen molar-refractivity contribution in [1.29, 1.82) is 0 Å². The fraction of sp³-hybridized carbons (Fsp3) is 0.350. The standard InChI is InChI=1S/C20H22N2O5S/c1-14(23)22-16(13-28-19(22)17-9-6-10-26-17)20(25)27-12-18(24)21(2)11-15-7-4-3-5-8-15/h3-10,16,19H,11-13H2,1-2H3/t16-,19+/m1/s1. The summed E-state index contributed by atoms with van der Waals surface area (Å²) in [6.07, 6.45) is 1.53. The number of furan rings is 1. The molecule has 3 rings (SSSR count). The molecule has 0 aliphatic carbocycles. The first-order valence-corrected chi connectivity index (χ1v) is 9.90. The summed E-state index contributed by atoms with van der Waals surface area (Å²) in [5, 5.41) is -0.374. The van der Waals surface area contributed by atoms with Gasteiger partial charge in [-0.2, -0.15) is 0 Å². The second-order valence-corrected chi connectivity index (χ2v) is 7.60. The lowest BCUT2D eigenvalue weighted by atomic mass is 10.2. The van der Waals surface area contributed by atoms with Crippen molar-refractivity contribution in [1.82, 2.24) is 9.80 Å². The lowest BCUT2D eigenvalue weighted by Gasteiger charge is -2.26. The van der Waals surface area contributed by atoms with E-state index in [-0.39, 0.29) is 23.8 Å². The maximum atomic E-state index is 12.5. The van der Waals surface area contributed by atoms with Crippen LogP contribution < -0.4 is 0 Å². The molecule has 1 saturated heterocycles. The number of nitrogens with zero attached hydrogens (tertiary/aromatic N) is 2. The largest absolute Gasteiger partial charge is 0.466 e. The van der Waals surface area contributed by atoms with Crippen LogP contribution in [0.2, 0.25) is 0 Å². The zero-order valence-electron chi connectivity index (χ0n) is 15.7. The summed E-state index contributed by atoms with van der Waals surface area (Å²) >= 11 is 1.43. The Morgan fingerprint density at radius 2 is 1.96 bits per heavy atom. The predicted molar refractivity (Wildman–Crippen MR) is 104 cm³/mol. The molecule has 2 atom stereocenters. The number of esters is 1. The highest BCUT2D eigenvalue weighted by molar-refractivity contribution is 7.99. The van der Waals surface area contributed by atoms with Gasteiger partial charge in [0.2, 0.25) is 5.91 Å². The van der Waals surface area contributed by atoms with Gasteiger partial charge in [-0.15, -0.1) is 11.8 Å². The molecular weight excluding hydrogens is 380 g/mol. The van der Waals surface area contributed by atoms with Crippen LogP contribution in [0.15, 0.2) is 53.1 Å². The molecule has 28 heavy (non-hydrogen) atoms. The van der Waals surface area contributed by atoms with Crippen LogP contribution in [0.4, 0.5) is 0 Å². The average Bonchev–Trinajstić information content (AvgIpc) is 3.35. The first kappa shape index (κ1) is 20.0. The monoisotopic (exact) mass is 402 g/mol. The van der Waals surface area contributed by atoms with Crippen molar-refractivity contribution in [2.24, 2.45) is 0 Å². The zero-order valence-corrected chi connectivity index (χ0v) is 16.6. The first-order chi connectivity index (χ1) is 13.5. The van der Waals surface area contributed by atoms with Gasteiger partial charge in [0.05, 0.1) is 6.26 Å². The number of benzene rings is 1. The number of hydrogen-bond acceptors (Lipinski definition) is 6. The minimum Gasteiger partial charge on any atom is -0.466 e. The summed E-state index contributed by atoms with van der Waals surface area (Å²) in [6, 6.07) is 12.3. The smallest absolute Gasteiger partial charge is 0.330 e. The van der Waals surface area contributed by atoms with Gasteiger partial charge >= 0.3 is 5.97 Å². The van der Waals surface area contributed by atoms with Crippen LogP contribution in [0.25, 0.3) is 0 Å². The summed E-state index contributed by atoms with van der Waals surface area (Å²) in [5.41, 5.74) is 0.987. The van der Waals surface area contributed by atoms with E-state index < -0.39 is 12.0 Å². The third-order valence-electron chi connectivity index (χ3n) is 4.45. The van der Waals surface area contributed by atoms with Crippen molar-refractivity contribution in [3.05, 3.63) is 60.1 Å². The molecule has 0 bridgehead atoms. The summed E-state index contributed by atoms with van der Waals surface area (Å²) in [4.78, 5) is 39.9. The molecule has 1 aromatic heterocycles. The van der Waals surface area contributed by atoms with E-state index in [9.17, 15) is 14.4 Å². The summed E-state index contributed by atoms with van der Waals surface area (Å²) in [6.45, 7) is 1.47. The maximum Gasteiger partial charge on any atom is 0.330 e. The lowest BCUT2D eigenvalue weighted by molar-refractivity contribution is -0.158. The average molecular weight is 402 g/mol. The number of likely N-dealkylation sites (N-methyl/N-ethyl adjacent to an activating group) is 1. The fourth-order valence-corrected chi connectivity index (χ4v) is 4.42. The topological polar surface area (TPSA) is 80.1 Å². The lowest BCUT2D eigenvalue weighted by Crippen LogP contribution is -2.43. The molecule has 1 aromatic carbocycles. The molecule has 7 nitrogen and oxygen atoms in total. The second kappa shape index (κ2) is 8.97. The molecule has 2 aromatic rings. The zero-order chi connectivity index (χ0) is 20.1. The van der Waals surface area contributed by atoms with Crippen LogP contribution in [0, 0.1) is 0 Å². The van der Waals surface area contributed by atoms with Crippen molar-refractivity contribution in [2.45, 2.75) is 24.9 Å². The van der Waals surface area contributed by atoms with E-state index in [2.05, 4.69) is 0 Å². The minimum absolute atomic E-state index is 0.249. The van der Waals surface area contributed by atoms with E-state index in [1.54, 1.807) is 19.2 Å². The highest BCUT2D eigenvalue weighted by atomic mass is 32.2. The maximum absolute atomic E-state index is 12.5. The quantitative estimate of drug-likeness (QED) is 0.691. The van der Waals surface area contributed by atoms with Gasteiger partial charge in [0.25, 0.3) is 5.91 Å². The number of carbonyl (C=O) groups is 3. The van der Waals surface area contributed by atoms with Crippen LogP contribution in [0.3, 0.4) is 0 Å². The Kier molecular flexibility index (Phi) is 6.41. The van der Waals surface area contributed by atoms with Crippen molar-refractivity contribution >= 4 is 29.5 Å². The predicted octanol–water partition coefficient (Wildman–Crippen LogP) is 2.44. The van der Waals surface area contributed by atoms with Crippen molar-refractivity contribution in [3.63, 3.8) is 0 Å². The van der Waals surface area contributed by atoms with E-state index in [1.165, 1.54) is 34.7 Å². The van der Waals surface area contributed by atoms with Crippen LogP contribution in [0.1, 0.15) is 23.6 Å². The Morgan fingerprint density at radius 1 is 1.21 bits per heavy atom. The van der Waals surface area contributed by atoms with Gasteiger partial charge in [-0.05, 0) is 17.7 Å². The molecule has 1 aliphatic rings.